The van der Waals surface area contributed by atoms with Crippen molar-refractivity contribution in [2.75, 3.05) is 13.1 Å². The Hall–Kier alpha value is -1.84. The standard InChI is InChI=1S/C17H22N2O2/c1-12-5-3-6-14(11-12)8-10-18-13(2)16(20)19-9-4-7-15(19)17(18)21/h3,5-6,11,13,15H,4,7-10H2,1-2H3. The lowest BCUT2D eigenvalue weighted by molar-refractivity contribution is -0.158. The molecule has 2 aliphatic heterocycles. The highest BCUT2D eigenvalue weighted by molar-refractivity contribution is 5.97. The number of hydrogen-bond acceptors (Lipinski definition) is 2. The van der Waals surface area contributed by atoms with E-state index in [9.17, 15) is 9.59 Å². The third-order valence-corrected chi connectivity index (χ3v) is 4.65. The molecule has 0 N–H and O–H groups in total. The number of rotatable bonds is 3. The van der Waals surface area contributed by atoms with Crippen molar-refractivity contribution in [3.05, 3.63) is 35.4 Å². The summed E-state index contributed by atoms with van der Waals surface area (Å²) in [5.41, 5.74) is 2.44. The minimum atomic E-state index is -0.323. The van der Waals surface area contributed by atoms with Gasteiger partial charge in [0.2, 0.25) is 11.8 Å². The highest BCUT2D eigenvalue weighted by atomic mass is 16.2. The van der Waals surface area contributed by atoms with Crippen LogP contribution in [0.4, 0.5) is 0 Å². The molecule has 2 heterocycles. The van der Waals surface area contributed by atoms with Gasteiger partial charge in [0.1, 0.15) is 12.1 Å². The largest absolute Gasteiger partial charge is 0.329 e. The number of amides is 2. The normalized spacial score (nSPS) is 25.4. The van der Waals surface area contributed by atoms with Gasteiger partial charge >= 0.3 is 0 Å². The third-order valence-electron chi connectivity index (χ3n) is 4.65. The van der Waals surface area contributed by atoms with Crippen LogP contribution in [0.15, 0.2) is 24.3 Å². The zero-order valence-corrected chi connectivity index (χ0v) is 12.7. The highest BCUT2D eigenvalue weighted by Crippen LogP contribution is 2.26. The second kappa shape index (κ2) is 5.51. The van der Waals surface area contributed by atoms with E-state index < -0.39 is 0 Å². The molecule has 4 heteroatoms. The van der Waals surface area contributed by atoms with Crippen LogP contribution in [0.1, 0.15) is 30.9 Å². The molecule has 0 spiro atoms. The number of carbonyl (C=O) groups is 2. The molecule has 0 aliphatic carbocycles. The number of carbonyl (C=O) groups excluding carboxylic acids is 2. The van der Waals surface area contributed by atoms with E-state index in [4.69, 9.17) is 0 Å². The van der Waals surface area contributed by atoms with Gasteiger partial charge in [0.25, 0.3) is 0 Å². The van der Waals surface area contributed by atoms with E-state index in [-0.39, 0.29) is 23.9 Å². The molecule has 0 aromatic heterocycles. The van der Waals surface area contributed by atoms with Crippen LogP contribution in [0.5, 0.6) is 0 Å². The van der Waals surface area contributed by atoms with Gasteiger partial charge in [-0.15, -0.1) is 0 Å². The summed E-state index contributed by atoms with van der Waals surface area (Å²) in [6.07, 6.45) is 2.57. The van der Waals surface area contributed by atoms with Crippen LogP contribution in [0.25, 0.3) is 0 Å². The molecule has 112 valence electrons. The van der Waals surface area contributed by atoms with Crippen molar-refractivity contribution >= 4 is 11.8 Å². The van der Waals surface area contributed by atoms with E-state index in [1.54, 1.807) is 9.80 Å². The summed E-state index contributed by atoms with van der Waals surface area (Å²) in [6, 6.07) is 7.80. The smallest absolute Gasteiger partial charge is 0.246 e. The quantitative estimate of drug-likeness (QED) is 0.849. The Morgan fingerprint density at radius 2 is 2.05 bits per heavy atom. The van der Waals surface area contributed by atoms with E-state index in [1.807, 2.05) is 13.0 Å². The number of nitrogens with zero attached hydrogens (tertiary/aromatic N) is 2. The molecule has 3 rings (SSSR count). The predicted molar refractivity (Wildman–Crippen MR) is 80.8 cm³/mol. The van der Waals surface area contributed by atoms with E-state index in [1.165, 1.54) is 11.1 Å². The number of aryl methyl sites for hydroxylation is 1. The van der Waals surface area contributed by atoms with Crippen molar-refractivity contribution < 1.29 is 9.59 Å². The van der Waals surface area contributed by atoms with Crippen molar-refractivity contribution in [1.29, 1.82) is 0 Å². The molecular weight excluding hydrogens is 264 g/mol. The fraction of sp³-hybridized carbons (Fsp3) is 0.529. The highest BCUT2D eigenvalue weighted by Gasteiger charge is 2.45. The first-order valence-electron chi connectivity index (χ1n) is 7.74. The topological polar surface area (TPSA) is 40.6 Å². The summed E-state index contributed by atoms with van der Waals surface area (Å²) in [4.78, 5) is 28.5. The van der Waals surface area contributed by atoms with Crippen molar-refractivity contribution in [1.82, 2.24) is 9.80 Å². The first-order valence-corrected chi connectivity index (χ1v) is 7.74. The predicted octanol–water partition coefficient (Wildman–Crippen LogP) is 1.76. The second-order valence-corrected chi connectivity index (χ2v) is 6.14. The van der Waals surface area contributed by atoms with Crippen molar-refractivity contribution in [3.63, 3.8) is 0 Å². The average Bonchev–Trinajstić information content (AvgIpc) is 2.95. The van der Waals surface area contributed by atoms with Gasteiger partial charge in [-0.2, -0.15) is 0 Å². The monoisotopic (exact) mass is 286 g/mol. The Labute approximate surface area is 125 Å². The van der Waals surface area contributed by atoms with Crippen LogP contribution in [0.3, 0.4) is 0 Å². The second-order valence-electron chi connectivity index (χ2n) is 6.14. The molecule has 2 aliphatic rings. The molecular formula is C17H22N2O2. The molecule has 1 aromatic carbocycles. The zero-order chi connectivity index (χ0) is 15.0. The van der Waals surface area contributed by atoms with Gasteiger partial charge in [0, 0.05) is 13.1 Å². The zero-order valence-electron chi connectivity index (χ0n) is 12.7. The lowest BCUT2D eigenvalue weighted by Gasteiger charge is -2.41. The Morgan fingerprint density at radius 3 is 2.81 bits per heavy atom. The van der Waals surface area contributed by atoms with Crippen LogP contribution < -0.4 is 0 Å². The molecule has 2 atom stereocenters. The maximum absolute atomic E-state index is 12.6. The molecule has 2 amide bonds. The number of fused-ring (bicyclic) bond motifs is 1. The fourth-order valence-electron chi connectivity index (χ4n) is 3.46. The van der Waals surface area contributed by atoms with Gasteiger partial charge in [-0.1, -0.05) is 29.8 Å². The molecule has 0 radical (unpaired) electrons. The van der Waals surface area contributed by atoms with Crippen LogP contribution in [0.2, 0.25) is 0 Å². The van der Waals surface area contributed by atoms with E-state index >= 15 is 0 Å². The minimum absolute atomic E-state index is 0.112. The van der Waals surface area contributed by atoms with Gasteiger partial charge in [-0.3, -0.25) is 9.59 Å². The van der Waals surface area contributed by atoms with Gasteiger partial charge in [-0.05, 0) is 38.7 Å². The Kier molecular flexibility index (Phi) is 3.70. The first kappa shape index (κ1) is 14.1. The molecule has 2 fully saturated rings. The Morgan fingerprint density at radius 1 is 1.24 bits per heavy atom. The lowest BCUT2D eigenvalue weighted by Crippen LogP contribution is -2.62. The summed E-state index contributed by atoms with van der Waals surface area (Å²) in [6.45, 7) is 5.29. The van der Waals surface area contributed by atoms with Crippen LogP contribution in [-0.2, 0) is 16.0 Å². The van der Waals surface area contributed by atoms with E-state index in [2.05, 4.69) is 25.1 Å². The summed E-state index contributed by atoms with van der Waals surface area (Å²) >= 11 is 0. The van der Waals surface area contributed by atoms with Crippen LogP contribution >= 0.6 is 0 Å². The van der Waals surface area contributed by atoms with Crippen molar-refractivity contribution in [2.45, 2.75) is 45.2 Å². The molecule has 0 saturated carbocycles. The third kappa shape index (κ3) is 2.55. The van der Waals surface area contributed by atoms with Gasteiger partial charge in [0.15, 0.2) is 0 Å². The average molecular weight is 286 g/mol. The molecule has 2 unspecified atom stereocenters. The van der Waals surface area contributed by atoms with Gasteiger partial charge in [-0.25, -0.2) is 0 Å². The summed E-state index contributed by atoms with van der Waals surface area (Å²) < 4.78 is 0. The SMILES string of the molecule is Cc1cccc(CCN2C(=O)C3CCCN3C(=O)C2C)c1. The van der Waals surface area contributed by atoms with E-state index in [0.29, 0.717) is 6.54 Å². The summed E-state index contributed by atoms with van der Waals surface area (Å²) in [5, 5.41) is 0. The Balaban J connectivity index is 1.72. The van der Waals surface area contributed by atoms with Crippen LogP contribution in [0, 0.1) is 6.92 Å². The number of hydrogen-bond donors (Lipinski definition) is 0. The maximum Gasteiger partial charge on any atom is 0.246 e. The fourth-order valence-corrected chi connectivity index (χ4v) is 3.46. The molecule has 4 nitrogen and oxygen atoms in total. The van der Waals surface area contributed by atoms with Crippen molar-refractivity contribution in [2.24, 2.45) is 0 Å². The first-order chi connectivity index (χ1) is 10.1. The summed E-state index contributed by atoms with van der Waals surface area (Å²) in [5.74, 6) is 0.244. The van der Waals surface area contributed by atoms with Crippen molar-refractivity contribution in [3.8, 4) is 0 Å². The lowest BCUT2D eigenvalue weighted by atomic mass is 10.0. The number of piperazine rings is 1. The van der Waals surface area contributed by atoms with Crippen LogP contribution in [-0.4, -0.2) is 46.8 Å². The molecule has 1 aromatic rings. The summed E-state index contributed by atoms with van der Waals surface area (Å²) in [7, 11) is 0. The Bertz CT molecular complexity index is 570. The van der Waals surface area contributed by atoms with Gasteiger partial charge in [0.05, 0.1) is 0 Å². The molecule has 21 heavy (non-hydrogen) atoms. The van der Waals surface area contributed by atoms with Gasteiger partial charge < -0.3 is 9.80 Å². The van der Waals surface area contributed by atoms with E-state index in [0.717, 1.165) is 25.8 Å². The maximum atomic E-state index is 12.6. The molecule has 2 saturated heterocycles. The minimum Gasteiger partial charge on any atom is -0.329 e. The molecule has 0 bridgehead atoms. The number of benzene rings is 1.